The van der Waals surface area contributed by atoms with Gasteiger partial charge in [-0.15, -0.1) is 12.4 Å². The zero-order chi connectivity index (χ0) is 11.1. The summed E-state index contributed by atoms with van der Waals surface area (Å²) in [6, 6.07) is 4.99. The van der Waals surface area contributed by atoms with Gasteiger partial charge < -0.3 is 10.6 Å². The third kappa shape index (κ3) is 2.86. The zero-order valence-corrected chi connectivity index (χ0v) is 10.5. The minimum absolute atomic E-state index is 0. The fraction of sp³-hybridized carbons (Fsp3) is 0.500. The van der Waals surface area contributed by atoms with E-state index in [0.717, 1.165) is 30.8 Å². The molecule has 0 bridgehead atoms. The molecule has 0 aliphatic carbocycles. The van der Waals surface area contributed by atoms with E-state index >= 15 is 0 Å². The molecule has 1 heterocycles. The molecule has 2 N–H and O–H groups in total. The Labute approximate surface area is 102 Å². The lowest BCUT2D eigenvalue weighted by atomic mass is 10.1. The van der Waals surface area contributed by atoms with Gasteiger partial charge in [0.25, 0.3) is 0 Å². The van der Waals surface area contributed by atoms with Gasteiger partial charge in [0.15, 0.2) is 0 Å². The van der Waals surface area contributed by atoms with E-state index in [9.17, 15) is 4.39 Å². The van der Waals surface area contributed by atoms with E-state index in [4.69, 9.17) is 5.73 Å². The van der Waals surface area contributed by atoms with Crippen molar-refractivity contribution < 1.29 is 4.39 Å². The molecular formula is C12H18ClFN2. The molecule has 0 amide bonds. The topological polar surface area (TPSA) is 29.3 Å². The van der Waals surface area contributed by atoms with E-state index in [1.54, 1.807) is 6.07 Å². The van der Waals surface area contributed by atoms with Crippen LogP contribution in [0.3, 0.4) is 0 Å². The van der Waals surface area contributed by atoms with Crippen LogP contribution < -0.4 is 10.6 Å². The average Bonchev–Trinajstić information content (AvgIpc) is 2.45. The molecule has 1 aliphatic rings. The molecule has 1 aromatic rings. The van der Waals surface area contributed by atoms with Gasteiger partial charge in [0.1, 0.15) is 5.82 Å². The highest BCUT2D eigenvalue weighted by molar-refractivity contribution is 5.85. The van der Waals surface area contributed by atoms with Crippen LogP contribution in [0, 0.1) is 5.82 Å². The highest BCUT2D eigenvalue weighted by Gasteiger charge is 2.23. The molecule has 0 unspecified atom stereocenters. The monoisotopic (exact) mass is 244 g/mol. The van der Waals surface area contributed by atoms with Gasteiger partial charge in [0.05, 0.1) is 0 Å². The zero-order valence-electron chi connectivity index (χ0n) is 9.66. The van der Waals surface area contributed by atoms with Gasteiger partial charge in [0.2, 0.25) is 0 Å². The van der Waals surface area contributed by atoms with Gasteiger partial charge in [-0.05, 0) is 44.0 Å². The van der Waals surface area contributed by atoms with Crippen LogP contribution in [0.4, 0.5) is 10.1 Å². The van der Waals surface area contributed by atoms with Crippen LogP contribution in [-0.4, -0.2) is 18.6 Å². The van der Waals surface area contributed by atoms with E-state index in [1.807, 2.05) is 19.9 Å². The summed E-state index contributed by atoms with van der Waals surface area (Å²) in [6.07, 6.45) is 0.920. The molecule has 0 atom stereocenters. The summed E-state index contributed by atoms with van der Waals surface area (Å²) in [5, 5.41) is 0. The molecule has 4 heteroatoms. The molecule has 0 saturated carbocycles. The van der Waals surface area contributed by atoms with Crippen molar-refractivity contribution in [3.05, 3.63) is 29.6 Å². The summed E-state index contributed by atoms with van der Waals surface area (Å²) in [5.74, 6) is -0.150. The first-order valence-electron chi connectivity index (χ1n) is 5.28. The van der Waals surface area contributed by atoms with Crippen LogP contribution >= 0.6 is 12.4 Å². The van der Waals surface area contributed by atoms with E-state index in [-0.39, 0.29) is 23.8 Å². The van der Waals surface area contributed by atoms with Gasteiger partial charge >= 0.3 is 0 Å². The highest BCUT2D eigenvalue weighted by atomic mass is 35.5. The quantitative estimate of drug-likeness (QED) is 0.866. The number of rotatable bonds is 2. The average molecular weight is 245 g/mol. The Balaban J connectivity index is 0.00000128. The summed E-state index contributed by atoms with van der Waals surface area (Å²) in [6.45, 7) is 5.77. The van der Waals surface area contributed by atoms with Crippen molar-refractivity contribution in [3.63, 3.8) is 0 Å². The van der Waals surface area contributed by atoms with Crippen molar-refractivity contribution in [2.45, 2.75) is 25.8 Å². The largest absolute Gasteiger partial charge is 0.369 e. The van der Waals surface area contributed by atoms with Crippen LogP contribution in [0.2, 0.25) is 0 Å². The predicted molar refractivity (Wildman–Crippen MR) is 67.8 cm³/mol. The molecular weight excluding hydrogens is 227 g/mol. The third-order valence-corrected chi connectivity index (χ3v) is 2.63. The van der Waals surface area contributed by atoms with Crippen molar-refractivity contribution in [2.75, 3.05) is 18.0 Å². The van der Waals surface area contributed by atoms with Crippen molar-refractivity contribution in [2.24, 2.45) is 5.73 Å². The van der Waals surface area contributed by atoms with Crippen LogP contribution in [-0.2, 0) is 6.42 Å². The van der Waals surface area contributed by atoms with Crippen molar-refractivity contribution in [1.29, 1.82) is 0 Å². The Hall–Kier alpha value is -0.800. The molecule has 0 saturated heterocycles. The van der Waals surface area contributed by atoms with Crippen LogP contribution in [0.1, 0.15) is 19.4 Å². The minimum Gasteiger partial charge on any atom is -0.369 e. The number of anilines is 1. The van der Waals surface area contributed by atoms with E-state index < -0.39 is 0 Å². The Kier molecular flexibility index (Phi) is 3.81. The van der Waals surface area contributed by atoms with E-state index in [1.165, 1.54) is 6.07 Å². The lowest BCUT2D eigenvalue weighted by Gasteiger charge is -2.28. The molecule has 1 aliphatic heterocycles. The number of hydrogen-bond donors (Lipinski definition) is 1. The molecule has 2 nitrogen and oxygen atoms in total. The Morgan fingerprint density at radius 2 is 2.12 bits per heavy atom. The fourth-order valence-electron chi connectivity index (χ4n) is 2.09. The summed E-state index contributed by atoms with van der Waals surface area (Å²) in [5.41, 5.74) is 8.00. The van der Waals surface area contributed by atoms with Crippen molar-refractivity contribution >= 4 is 18.1 Å². The van der Waals surface area contributed by atoms with Gasteiger partial charge in [-0.3, -0.25) is 0 Å². The standard InChI is InChI=1S/C12H17FN2.ClH/c1-12(2,14)8-15-6-5-9-7-10(13)3-4-11(9)15;/h3-4,7H,5-6,8,14H2,1-2H3;1H. The molecule has 0 fully saturated rings. The molecule has 0 aromatic heterocycles. The minimum atomic E-state index is -0.212. The molecule has 1 aromatic carbocycles. The second-order valence-corrected chi connectivity index (χ2v) is 4.93. The predicted octanol–water partition coefficient (Wildman–Crippen LogP) is 2.35. The number of hydrogen-bond acceptors (Lipinski definition) is 2. The van der Waals surface area contributed by atoms with Crippen LogP contribution in [0.5, 0.6) is 0 Å². The lowest BCUT2D eigenvalue weighted by molar-refractivity contribution is 0.511. The molecule has 0 radical (unpaired) electrons. The summed E-state index contributed by atoms with van der Waals surface area (Å²) in [7, 11) is 0. The van der Waals surface area contributed by atoms with Gasteiger partial charge in [-0.25, -0.2) is 4.39 Å². The Bertz CT molecular complexity index is 374. The number of benzene rings is 1. The first kappa shape index (κ1) is 13.3. The van der Waals surface area contributed by atoms with Crippen molar-refractivity contribution in [3.8, 4) is 0 Å². The second kappa shape index (κ2) is 4.60. The smallest absolute Gasteiger partial charge is 0.123 e. The third-order valence-electron chi connectivity index (χ3n) is 2.63. The summed E-state index contributed by atoms with van der Waals surface area (Å²) >= 11 is 0. The van der Waals surface area contributed by atoms with Gasteiger partial charge in [0, 0.05) is 24.3 Å². The molecule has 2 rings (SSSR count). The van der Waals surface area contributed by atoms with Crippen molar-refractivity contribution in [1.82, 2.24) is 0 Å². The Morgan fingerprint density at radius 1 is 1.44 bits per heavy atom. The highest BCUT2D eigenvalue weighted by Crippen LogP contribution is 2.29. The number of nitrogens with two attached hydrogens (primary N) is 1. The first-order valence-corrected chi connectivity index (χ1v) is 5.28. The second-order valence-electron chi connectivity index (χ2n) is 4.93. The summed E-state index contributed by atoms with van der Waals surface area (Å²) in [4.78, 5) is 2.23. The normalized spacial score (nSPS) is 14.6. The summed E-state index contributed by atoms with van der Waals surface area (Å²) < 4.78 is 13.0. The molecule has 16 heavy (non-hydrogen) atoms. The number of fused-ring (bicyclic) bond motifs is 1. The maximum atomic E-state index is 13.0. The van der Waals surface area contributed by atoms with E-state index in [0.29, 0.717) is 0 Å². The molecule has 90 valence electrons. The van der Waals surface area contributed by atoms with Gasteiger partial charge in [-0.2, -0.15) is 0 Å². The lowest BCUT2D eigenvalue weighted by Crippen LogP contribution is -2.44. The number of halogens is 2. The maximum absolute atomic E-state index is 13.0. The SMILES string of the molecule is CC(C)(N)CN1CCc2cc(F)ccc21.Cl. The van der Waals surface area contributed by atoms with Crippen LogP contribution in [0.15, 0.2) is 18.2 Å². The van der Waals surface area contributed by atoms with E-state index in [2.05, 4.69) is 4.90 Å². The molecule has 0 spiro atoms. The fourth-order valence-corrected chi connectivity index (χ4v) is 2.09. The first-order chi connectivity index (χ1) is 6.96. The van der Waals surface area contributed by atoms with Gasteiger partial charge in [-0.1, -0.05) is 0 Å². The number of nitrogens with zero attached hydrogens (tertiary/aromatic N) is 1. The Morgan fingerprint density at radius 3 is 2.75 bits per heavy atom. The van der Waals surface area contributed by atoms with Crippen LogP contribution in [0.25, 0.3) is 0 Å². The maximum Gasteiger partial charge on any atom is 0.123 e.